The van der Waals surface area contributed by atoms with Crippen LogP contribution in [0.25, 0.3) is 0 Å². The molecule has 2 amide bonds. The molecule has 0 aromatic heterocycles. The van der Waals surface area contributed by atoms with Crippen molar-refractivity contribution in [2.45, 2.75) is 90.8 Å². The summed E-state index contributed by atoms with van der Waals surface area (Å²) in [5.74, 6) is -0.115. The van der Waals surface area contributed by atoms with Gasteiger partial charge in [-0.2, -0.15) is 0 Å². The van der Waals surface area contributed by atoms with Crippen molar-refractivity contribution in [2.75, 3.05) is 0 Å². The second kappa shape index (κ2) is 10.4. The number of nitrogens with one attached hydrogen (secondary N) is 3. The predicted octanol–water partition coefficient (Wildman–Crippen LogP) is 0.826. The zero-order valence-corrected chi connectivity index (χ0v) is 18.5. The summed E-state index contributed by atoms with van der Waals surface area (Å²) in [4.78, 5) is 25.7. The molecule has 8 heteroatoms. The summed E-state index contributed by atoms with van der Waals surface area (Å²) in [7, 11) is 2.00. The molecule has 1 rings (SSSR count). The lowest BCUT2D eigenvalue weighted by atomic mass is 9.84. The number of rotatable bonds is 7. The molecule has 6 nitrogen and oxygen atoms in total. The van der Waals surface area contributed by atoms with Crippen LogP contribution in [0.15, 0.2) is 0 Å². The van der Waals surface area contributed by atoms with Gasteiger partial charge in [0.25, 0.3) is 0 Å². The predicted molar refractivity (Wildman–Crippen MR) is 117 cm³/mol. The van der Waals surface area contributed by atoms with Crippen LogP contribution >= 0.6 is 12.2 Å². The van der Waals surface area contributed by atoms with Crippen molar-refractivity contribution in [1.29, 1.82) is 0 Å². The van der Waals surface area contributed by atoms with E-state index in [1.807, 2.05) is 35.5 Å². The largest absolute Gasteiger partial charge is 0.384 e. The van der Waals surface area contributed by atoms with Crippen LogP contribution in [0.4, 0.5) is 0 Å². The maximum absolute atomic E-state index is 12.7. The molecular weight excluding hydrogens is 359 g/mol. The highest BCUT2D eigenvalue weighted by Crippen LogP contribution is 2.25. The van der Waals surface area contributed by atoms with Crippen LogP contribution in [-0.2, 0) is 9.59 Å². The summed E-state index contributed by atoms with van der Waals surface area (Å²) in [6.45, 7) is 9.75. The van der Waals surface area contributed by atoms with Crippen LogP contribution in [-0.4, -0.2) is 48.7 Å². The fourth-order valence-corrected chi connectivity index (χ4v) is 4.04. The van der Waals surface area contributed by atoms with Gasteiger partial charge >= 0.3 is 0 Å². The minimum absolute atomic E-state index is 0.185. The molecule has 0 spiro atoms. The first-order valence-corrected chi connectivity index (χ1v) is 10.5. The molecule has 0 aromatic rings. The summed E-state index contributed by atoms with van der Waals surface area (Å²) < 4.78 is 0. The zero-order valence-electron chi connectivity index (χ0n) is 17.7. The maximum atomic E-state index is 12.7. The fraction of sp³-hybridized carbons (Fsp3) is 0.842. The first-order valence-electron chi connectivity index (χ1n) is 10.1. The number of carbonyl (C=O) groups is 2. The van der Waals surface area contributed by atoms with Gasteiger partial charge in [0.05, 0.1) is 17.1 Å². The first-order chi connectivity index (χ1) is 12.4. The lowest BCUT2D eigenvalue weighted by Gasteiger charge is -2.34. The maximum Gasteiger partial charge on any atom is 0.242 e. The van der Waals surface area contributed by atoms with Gasteiger partial charge in [-0.05, 0) is 37.0 Å². The Morgan fingerprint density at radius 2 is 1.59 bits per heavy atom. The van der Waals surface area contributed by atoms with Gasteiger partial charge in [-0.3, -0.25) is 9.59 Å². The zero-order chi connectivity index (χ0) is 20.8. The summed E-state index contributed by atoms with van der Waals surface area (Å²) in [6.07, 6.45) is 5.42. The molecule has 154 valence electrons. The van der Waals surface area contributed by atoms with E-state index in [2.05, 4.69) is 16.0 Å². The molecule has 1 fully saturated rings. The summed E-state index contributed by atoms with van der Waals surface area (Å²) in [5, 5.41) is 8.97. The van der Waals surface area contributed by atoms with Crippen molar-refractivity contribution >= 4 is 36.9 Å². The molecule has 0 radical (unpaired) electrons. The Labute approximate surface area is 170 Å². The Morgan fingerprint density at radius 3 is 2.07 bits per heavy atom. The van der Waals surface area contributed by atoms with Gasteiger partial charge in [0.2, 0.25) is 11.8 Å². The molecule has 0 saturated heterocycles. The van der Waals surface area contributed by atoms with Crippen LogP contribution < -0.4 is 21.7 Å². The lowest BCUT2D eigenvalue weighted by Crippen LogP contribution is -2.59. The first kappa shape index (κ1) is 23.9. The van der Waals surface area contributed by atoms with Crippen molar-refractivity contribution < 1.29 is 9.59 Å². The number of thiocarbonyl (C=S) groups is 1. The van der Waals surface area contributed by atoms with Crippen LogP contribution in [0.5, 0.6) is 0 Å². The van der Waals surface area contributed by atoms with E-state index < -0.39 is 12.1 Å². The SMILES string of the molecule is B[C@H](C)NC(=S)[C@@H](NC(=O)[C@H](C)NC(=O)[C@@H](N)C1CCCCC1)C(C)(C)C. The standard InChI is InChI=1S/C19H37BN4O2S/c1-11(22-17(26)14(21)13-9-7-6-8-10-13)16(25)24-15(19(3,4)5)18(27)23-12(2)20/h11-15H,6-10,20-21H2,1-5H3,(H,22,26)(H,23,27)(H,24,25)/t11-,12-,14-,15+/m0/s1. The average molecular weight is 396 g/mol. The third-order valence-electron chi connectivity index (χ3n) is 5.06. The fourth-order valence-electron chi connectivity index (χ4n) is 3.39. The van der Waals surface area contributed by atoms with Crippen molar-refractivity contribution in [1.82, 2.24) is 16.0 Å². The molecule has 1 aliphatic rings. The minimum Gasteiger partial charge on any atom is -0.384 e. The number of hydrogen-bond donors (Lipinski definition) is 4. The van der Waals surface area contributed by atoms with Crippen LogP contribution in [0.1, 0.15) is 66.7 Å². The molecule has 1 aliphatic carbocycles. The summed E-state index contributed by atoms with van der Waals surface area (Å²) in [5.41, 5.74) is 5.89. The number of hydrogen-bond acceptors (Lipinski definition) is 4. The van der Waals surface area contributed by atoms with E-state index in [0.29, 0.717) is 4.99 Å². The van der Waals surface area contributed by atoms with Crippen LogP contribution in [0, 0.1) is 11.3 Å². The second-order valence-corrected chi connectivity index (χ2v) is 9.56. The minimum atomic E-state index is -0.668. The van der Waals surface area contributed by atoms with Gasteiger partial charge in [-0.25, -0.2) is 0 Å². The van der Waals surface area contributed by atoms with Crippen LogP contribution in [0.3, 0.4) is 0 Å². The van der Waals surface area contributed by atoms with Gasteiger partial charge in [0.15, 0.2) is 0 Å². The van der Waals surface area contributed by atoms with Crippen molar-refractivity contribution in [3.05, 3.63) is 0 Å². The quantitative estimate of drug-likeness (QED) is 0.378. The Morgan fingerprint density at radius 1 is 1.04 bits per heavy atom. The van der Waals surface area contributed by atoms with Gasteiger partial charge in [-0.1, -0.05) is 59.2 Å². The topological polar surface area (TPSA) is 96.2 Å². The van der Waals surface area contributed by atoms with Crippen molar-refractivity contribution in [2.24, 2.45) is 17.1 Å². The molecule has 1 saturated carbocycles. The van der Waals surface area contributed by atoms with E-state index in [1.165, 1.54) is 6.42 Å². The highest BCUT2D eigenvalue weighted by molar-refractivity contribution is 7.80. The lowest BCUT2D eigenvalue weighted by molar-refractivity contribution is -0.130. The average Bonchev–Trinajstić information content (AvgIpc) is 2.57. The molecule has 4 atom stereocenters. The second-order valence-electron chi connectivity index (χ2n) is 9.13. The number of nitrogens with two attached hydrogens (primary N) is 1. The van der Waals surface area contributed by atoms with Crippen LogP contribution in [0.2, 0.25) is 0 Å². The van der Waals surface area contributed by atoms with E-state index in [1.54, 1.807) is 6.92 Å². The number of carbonyl (C=O) groups excluding carboxylic acids is 2. The molecular formula is C19H37BN4O2S. The molecule has 0 heterocycles. The van der Waals surface area contributed by atoms with E-state index in [-0.39, 0.29) is 35.1 Å². The molecule has 0 bridgehead atoms. The van der Waals surface area contributed by atoms with Crippen molar-refractivity contribution in [3.8, 4) is 0 Å². The Kier molecular flexibility index (Phi) is 9.22. The van der Waals surface area contributed by atoms with E-state index in [9.17, 15) is 9.59 Å². The smallest absolute Gasteiger partial charge is 0.242 e. The van der Waals surface area contributed by atoms with Gasteiger partial charge in [0.1, 0.15) is 13.9 Å². The molecule has 5 N–H and O–H groups in total. The highest BCUT2D eigenvalue weighted by atomic mass is 32.1. The third kappa shape index (κ3) is 7.78. The third-order valence-corrected chi connectivity index (χ3v) is 5.41. The molecule has 0 aliphatic heterocycles. The van der Waals surface area contributed by atoms with E-state index in [0.717, 1.165) is 25.7 Å². The van der Waals surface area contributed by atoms with E-state index >= 15 is 0 Å². The van der Waals surface area contributed by atoms with E-state index in [4.69, 9.17) is 18.0 Å². The van der Waals surface area contributed by atoms with Crippen molar-refractivity contribution in [3.63, 3.8) is 0 Å². The van der Waals surface area contributed by atoms with Gasteiger partial charge in [-0.15, -0.1) is 0 Å². The Balaban J connectivity index is 2.66. The summed E-state index contributed by atoms with van der Waals surface area (Å²) in [6, 6.07) is -1.55. The van der Waals surface area contributed by atoms with Gasteiger partial charge in [0, 0.05) is 0 Å². The molecule has 0 aromatic carbocycles. The van der Waals surface area contributed by atoms with Gasteiger partial charge < -0.3 is 21.7 Å². The number of amides is 2. The molecule has 27 heavy (non-hydrogen) atoms. The molecule has 0 unspecified atom stereocenters. The summed E-state index contributed by atoms with van der Waals surface area (Å²) >= 11 is 5.49. The Bertz CT molecular complexity index is 530. The monoisotopic (exact) mass is 396 g/mol. The Hall–Kier alpha value is -1.15. The normalized spacial score (nSPS) is 20.1. The highest BCUT2D eigenvalue weighted by Gasteiger charge is 2.33.